The minimum atomic E-state index is -1.00. The third-order valence-corrected chi connectivity index (χ3v) is 2.04. The third kappa shape index (κ3) is 3.22. The summed E-state index contributed by atoms with van der Waals surface area (Å²) in [7, 11) is 1.45. The van der Waals surface area contributed by atoms with Crippen molar-refractivity contribution in [2.45, 2.75) is 19.9 Å². The number of hydrogen-bond acceptors (Lipinski definition) is 2. The molecule has 0 aromatic rings. The maximum atomic E-state index is 11.1. The zero-order valence-electron chi connectivity index (χ0n) is 7.95. The van der Waals surface area contributed by atoms with Crippen LogP contribution < -0.4 is 0 Å². The Kier molecular flexibility index (Phi) is 4.77. The second-order valence-corrected chi connectivity index (χ2v) is 3.43. The molecule has 0 radical (unpaired) electrons. The van der Waals surface area contributed by atoms with Crippen LogP contribution in [0.4, 0.5) is 0 Å². The number of halogens is 1. The van der Waals surface area contributed by atoms with Gasteiger partial charge in [-0.1, -0.05) is 13.8 Å². The second-order valence-electron chi connectivity index (χ2n) is 3.17. The van der Waals surface area contributed by atoms with Crippen molar-refractivity contribution >= 4 is 23.5 Å². The highest BCUT2D eigenvalue weighted by molar-refractivity contribution is 6.27. The van der Waals surface area contributed by atoms with Crippen LogP contribution in [-0.4, -0.2) is 40.9 Å². The molecule has 0 spiro atoms. The smallest absolute Gasteiger partial charge is 0.326 e. The van der Waals surface area contributed by atoms with Gasteiger partial charge in [0.1, 0.15) is 11.9 Å². The molecule has 0 aliphatic carbocycles. The predicted molar refractivity (Wildman–Crippen MR) is 49.8 cm³/mol. The fraction of sp³-hybridized carbons (Fsp3) is 0.750. The fourth-order valence-corrected chi connectivity index (χ4v) is 1.34. The molecule has 4 nitrogen and oxygen atoms in total. The average molecular weight is 208 g/mol. The van der Waals surface area contributed by atoms with Gasteiger partial charge in [-0.05, 0) is 5.92 Å². The van der Waals surface area contributed by atoms with Gasteiger partial charge in [0.15, 0.2) is 0 Å². The van der Waals surface area contributed by atoms with E-state index in [4.69, 9.17) is 16.7 Å². The number of carboxylic acids is 1. The van der Waals surface area contributed by atoms with E-state index in [0.717, 1.165) is 0 Å². The molecule has 76 valence electrons. The van der Waals surface area contributed by atoms with Crippen LogP contribution in [0.2, 0.25) is 0 Å². The number of rotatable bonds is 4. The molecular formula is C8H14ClNO3. The van der Waals surface area contributed by atoms with E-state index in [2.05, 4.69) is 0 Å². The molecule has 13 heavy (non-hydrogen) atoms. The molecule has 1 unspecified atom stereocenters. The molecule has 0 heterocycles. The summed E-state index contributed by atoms with van der Waals surface area (Å²) in [5.41, 5.74) is 0. The summed E-state index contributed by atoms with van der Waals surface area (Å²) in [6.45, 7) is 3.49. The van der Waals surface area contributed by atoms with Crippen LogP contribution in [0.15, 0.2) is 0 Å². The topological polar surface area (TPSA) is 57.6 Å². The molecule has 1 atom stereocenters. The summed E-state index contributed by atoms with van der Waals surface area (Å²) in [5, 5.41) is 8.82. The van der Waals surface area contributed by atoms with Gasteiger partial charge >= 0.3 is 5.97 Å². The maximum Gasteiger partial charge on any atom is 0.326 e. The van der Waals surface area contributed by atoms with Crippen molar-refractivity contribution in [3.05, 3.63) is 0 Å². The Bertz CT molecular complexity index is 206. The van der Waals surface area contributed by atoms with E-state index in [1.54, 1.807) is 13.8 Å². The molecule has 5 heteroatoms. The number of amides is 1. The lowest BCUT2D eigenvalue weighted by Crippen LogP contribution is -2.46. The minimum Gasteiger partial charge on any atom is -0.480 e. The number of carbonyl (C=O) groups is 2. The van der Waals surface area contributed by atoms with E-state index in [1.807, 2.05) is 0 Å². The summed E-state index contributed by atoms with van der Waals surface area (Å²) in [5.74, 6) is -1.69. The Morgan fingerprint density at radius 1 is 1.46 bits per heavy atom. The highest BCUT2D eigenvalue weighted by atomic mass is 35.5. The summed E-state index contributed by atoms with van der Waals surface area (Å²) < 4.78 is 0. The van der Waals surface area contributed by atoms with Crippen molar-refractivity contribution in [2.24, 2.45) is 5.92 Å². The molecule has 0 fully saturated rings. The van der Waals surface area contributed by atoms with Gasteiger partial charge in [0.25, 0.3) is 0 Å². The molecule has 0 bridgehead atoms. The summed E-state index contributed by atoms with van der Waals surface area (Å²) in [4.78, 5) is 23.0. The maximum absolute atomic E-state index is 11.1. The third-order valence-electron chi connectivity index (χ3n) is 1.81. The fourth-order valence-electron chi connectivity index (χ4n) is 1.15. The molecule has 1 amide bonds. The molecule has 0 aliphatic rings. The van der Waals surface area contributed by atoms with Gasteiger partial charge in [0, 0.05) is 7.05 Å². The van der Waals surface area contributed by atoms with Crippen molar-refractivity contribution in [2.75, 3.05) is 12.9 Å². The zero-order chi connectivity index (χ0) is 10.6. The van der Waals surface area contributed by atoms with Crippen LogP contribution in [0.25, 0.3) is 0 Å². The quantitative estimate of drug-likeness (QED) is 0.694. The number of alkyl halides is 1. The van der Waals surface area contributed by atoms with Gasteiger partial charge in [-0.25, -0.2) is 4.79 Å². The van der Waals surface area contributed by atoms with Gasteiger partial charge in [0.05, 0.1) is 0 Å². The van der Waals surface area contributed by atoms with Gasteiger partial charge in [-0.15, -0.1) is 11.6 Å². The Hall–Kier alpha value is -0.770. The lowest BCUT2D eigenvalue weighted by molar-refractivity contribution is -0.150. The molecule has 0 rings (SSSR count). The minimum absolute atomic E-state index is 0.130. The van der Waals surface area contributed by atoms with Crippen molar-refractivity contribution in [3.63, 3.8) is 0 Å². The van der Waals surface area contributed by atoms with Gasteiger partial charge in [0.2, 0.25) is 5.91 Å². The SMILES string of the molecule is CC(C)C(C(=O)O)N(C)C(=O)CCl. The first-order valence-corrected chi connectivity index (χ1v) is 4.49. The Labute approximate surface area is 82.5 Å². The highest BCUT2D eigenvalue weighted by Gasteiger charge is 2.28. The second kappa shape index (κ2) is 5.07. The largest absolute Gasteiger partial charge is 0.480 e. The van der Waals surface area contributed by atoms with E-state index in [0.29, 0.717) is 0 Å². The van der Waals surface area contributed by atoms with Crippen LogP contribution in [-0.2, 0) is 9.59 Å². The van der Waals surface area contributed by atoms with Gasteiger partial charge in [-0.2, -0.15) is 0 Å². The van der Waals surface area contributed by atoms with E-state index in [1.165, 1.54) is 11.9 Å². The Balaban J connectivity index is 4.55. The number of nitrogens with zero attached hydrogens (tertiary/aromatic N) is 1. The lowest BCUT2D eigenvalue weighted by atomic mass is 10.0. The first kappa shape index (κ1) is 12.2. The number of hydrogen-bond donors (Lipinski definition) is 1. The van der Waals surface area contributed by atoms with E-state index < -0.39 is 12.0 Å². The van der Waals surface area contributed by atoms with Crippen molar-refractivity contribution < 1.29 is 14.7 Å². The first-order valence-electron chi connectivity index (χ1n) is 3.96. The Morgan fingerprint density at radius 2 is 1.92 bits per heavy atom. The van der Waals surface area contributed by atoms with Crippen LogP contribution in [0.5, 0.6) is 0 Å². The number of likely N-dealkylation sites (N-methyl/N-ethyl adjacent to an activating group) is 1. The molecule has 0 saturated heterocycles. The van der Waals surface area contributed by atoms with Crippen LogP contribution in [0, 0.1) is 5.92 Å². The van der Waals surface area contributed by atoms with Crippen molar-refractivity contribution in [1.82, 2.24) is 4.90 Å². The summed E-state index contributed by atoms with van der Waals surface area (Å²) >= 11 is 5.32. The van der Waals surface area contributed by atoms with Crippen LogP contribution in [0.1, 0.15) is 13.8 Å². The van der Waals surface area contributed by atoms with E-state index in [9.17, 15) is 9.59 Å². The number of carbonyl (C=O) groups excluding carboxylic acids is 1. The molecule has 0 aliphatic heterocycles. The van der Waals surface area contributed by atoms with Crippen molar-refractivity contribution in [1.29, 1.82) is 0 Å². The standard InChI is InChI=1S/C8H14ClNO3/c1-5(2)7(8(12)13)10(3)6(11)4-9/h5,7H,4H2,1-3H3,(H,12,13). The molecular weight excluding hydrogens is 194 g/mol. The predicted octanol–water partition coefficient (Wildman–Crippen LogP) is 0.793. The molecule has 0 aromatic heterocycles. The van der Waals surface area contributed by atoms with E-state index >= 15 is 0 Å². The monoisotopic (exact) mass is 207 g/mol. The lowest BCUT2D eigenvalue weighted by Gasteiger charge is -2.26. The first-order chi connectivity index (χ1) is 5.91. The van der Waals surface area contributed by atoms with Crippen molar-refractivity contribution in [3.8, 4) is 0 Å². The number of aliphatic carboxylic acids is 1. The molecule has 1 N–H and O–H groups in total. The molecule has 0 aromatic carbocycles. The zero-order valence-corrected chi connectivity index (χ0v) is 8.71. The van der Waals surface area contributed by atoms with Gasteiger partial charge < -0.3 is 10.0 Å². The van der Waals surface area contributed by atoms with E-state index in [-0.39, 0.29) is 17.7 Å². The number of carboxylic acid groups (broad SMARTS) is 1. The highest BCUT2D eigenvalue weighted by Crippen LogP contribution is 2.09. The van der Waals surface area contributed by atoms with Crippen LogP contribution in [0.3, 0.4) is 0 Å². The van der Waals surface area contributed by atoms with Crippen LogP contribution >= 0.6 is 11.6 Å². The normalized spacial score (nSPS) is 12.7. The average Bonchev–Trinajstić information content (AvgIpc) is 2.01. The summed E-state index contributed by atoms with van der Waals surface area (Å²) in [6.07, 6.45) is 0. The van der Waals surface area contributed by atoms with Gasteiger partial charge in [-0.3, -0.25) is 4.79 Å². The molecule has 0 saturated carbocycles. The Morgan fingerprint density at radius 3 is 2.15 bits per heavy atom. The summed E-state index contributed by atoms with van der Waals surface area (Å²) in [6, 6.07) is -0.800.